The van der Waals surface area contributed by atoms with Crippen LogP contribution in [0.2, 0.25) is 0 Å². The fourth-order valence-electron chi connectivity index (χ4n) is 7.59. The lowest BCUT2D eigenvalue weighted by molar-refractivity contribution is -0.0563. The van der Waals surface area contributed by atoms with Gasteiger partial charge in [-0.2, -0.15) is 0 Å². The van der Waals surface area contributed by atoms with E-state index in [1.807, 2.05) is 13.8 Å². The molecule has 0 aromatic carbocycles. The van der Waals surface area contributed by atoms with Gasteiger partial charge < -0.3 is 25.5 Å². The normalized spacial score (nSPS) is 35.1. The van der Waals surface area contributed by atoms with Crippen LogP contribution in [0.15, 0.2) is 35.5 Å². The number of allylic oxidation sites excluding steroid dienone is 3. The second-order valence-electron chi connectivity index (χ2n) is 13.9. The molecule has 0 aromatic heterocycles. The molecule has 5 nitrogen and oxygen atoms in total. The molecule has 0 heterocycles. The fraction of sp³-hybridized carbons (Fsp3) is 0.812. The summed E-state index contributed by atoms with van der Waals surface area (Å²) in [6.07, 6.45) is 13.4. The van der Waals surface area contributed by atoms with Crippen molar-refractivity contribution in [1.82, 2.24) is 0 Å². The Morgan fingerprint density at radius 2 is 1.76 bits per heavy atom. The van der Waals surface area contributed by atoms with Crippen molar-refractivity contribution in [2.24, 2.45) is 23.2 Å². The molecule has 0 amide bonds. The molecule has 3 rings (SSSR count). The van der Waals surface area contributed by atoms with E-state index in [4.69, 9.17) is 0 Å². The van der Waals surface area contributed by atoms with Crippen molar-refractivity contribution in [2.75, 3.05) is 0 Å². The minimum absolute atomic E-state index is 0.199. The molecule has 5 heteroatoms. The van der Waals surface area contributed by atoms with Gasteiger partial charge in [-0.3, -0.25) is 0 Å². The quantitative estimate of drug-likeness (QED) is 0.259. The van der Waals surface area contributed by atoms with Crippen LogP contribution in [0.25, 0.3) is 0 Å². The second-order valence-corrected chi connectivity index (χ2v) is 13.9. The Labute approximate surface area is 225 Å². The van der Waals surface area contributed by atoms with E-state index in [1.54, 1.807) is 13.8 Å². The van der Waals surface area contributed by atoms with Crippen LogP contribution in [0.3, 0.4) is 0 Å². The summed E-state index contributed by atoms with van der Waals surface area (Å²) in [6.45, 7) is 13.7. The van der Waals surface area contributed by atoms with Crippen LogP contribution in [-0.2, 0) is 0 Å². The maximum absolute atomic E-state index is 10.6. The highest BCUT2D eigenvalue weighted by Crippen LogP contribution is 2.60. The van der Waals surface area contributed by atoms with Crippen LogP contribution in [0.1, 0.15) is 112 Å². The molecular formula is C32H54O5. The maximum atomic E-state index is 10.6. The van der Waals surface area contributed by atoms with Crippen molar-refractivity contribution >= 4 is 0 Å². The summed E-state index contributed by atoms with van der Waals surface area (Å²) in [5.41, 5.74) is 1.62. The Balaban J connectivity index is 1.79. The Morgan fingerprint density at radius 3 is 2.41 bits per heavy atom. The number of rotatable bonds is 10. The predicted molar refractivity (Wildman–Crippen MR) is 150 cm³/mol. The standard InChI is InChI=1S/C32H54O5/c1-21-24(19-25(33)20-28(21)34)12-11-22-10-8-18-32(6)26(22)14-15-27(32)23(9-7-17-30(2,3)36)13-16-29(35)31(4,5)37/h11-12,23,25-29,33-37H,1,7-10,13-20H2,2-6H3/t23?,25?,26?,27?,28-,29?,32-/m0/s1. The summed E-state index contributed by atoms with van der Waals surface area (Å²) in [5.74, 6) is 1.53. The van der Waals surface area contributed by atoms with Gasteiger partial charge in [0.15, 0.2) is 0 Å². The number of hydrogen-bond donors (Lipinski definition) is 5. The topological polar surface area (TPSA) is 101 Å². The van der Waals surface area contributed by atoms with Crippen molar-refractivity contribution in [3.05, 3.63) is 35.5 Å². The molecule has 0 aliphatic heterocycles. The van der Waals surface area contributed by atoms with E-state index in [0.717, 1.165) is 49.7 Å². The second kappa shape index (κ2) is 12.0. The summed E-state index contributed by atoms with van der Waals surface area (Å²) in [4.78, 5) is 0. The lowest BCUT2D eigenvalue weighted by atomic mass is 9.60. The van der Waals surface area contributed by atoms with E-state index in [-0.39, 0.29) is 5.41 Å². The molecule has 0 radical (unpaired) electrons. The van der Waals surface area contributed by atoms with Gasteiger partial charge in [-0.05, 0) is 120 Å². The molecule has 3 saturated carbocycles. The highest BCUT2D eigenvalue weighted by Gasteiger charge is 2.51. The number of aliphatic hydroxyl groups excluding tert-OH is 3. The average Bonchev–Trinajstić information content (AvgIpc) is 3.13. The molecule has 0 spiro atoms. The minimum Gasteiger partial charge on any atom is -0.393 e. The fourth-order valence-corrected chi connectivity index (χ4v) is 7.59. The zero-order valence-corrected chi connectivity index (χ0v) is 24.0. The van der Waals surface area contributed by atoms with Gasteiger partial charge >= 0.3 is 0 Å². The molecule has 0 aromatic rings. The van der Waals surface area contributed by atoms with Gasteiger partial charge in [0, 0.05) is 6.42 Å². The van der Waals surface area contributed by atoms with Crippen molar-refractivity contribution in [3.8, 4) is 0 Å². The van der Waals surface area contributed by atoms with Gasteiger partial charge in [-0.15, -0.1) is 0 Å². The summed E-state index contributed by atoms with van der Waals surface area (Å²) in [7, 11) is 0. The lowest BCUT2D eigenvalue weighted by Crippen LogP contribution is -2.39. The lowest BCUT2D eigenvalue weighted by Gasteiger charge is -2.45. The molecule has 7 atom stereocenters. The van der Waals surface area contributed by atoms with Gasteiger partial charge in [0.2, 0.25) is 0 Å². The smallest absolute Gasteiger partial charge is 0.0849 e. The zero-order valence-electron chi connectivity index (χ0n) is 24.0. The van der Waals surface area contributed by atoms with Gasteiger partial charge in [0.1, 0.15) is 0 Å². The Bertz CT molecular complexity index is 844. The first kappa shape index (κ1) is 30.6. The van der Waals surface area contributed by atoms with Crippen LogP contribution in [0, 0.1) is 23.2 Å². The SMILES string of the molecule is C=C1C(=CC=C2CCC[C@@]3(C)C2CCC3C(CCCC(C)(C)O)CCC(O)C(C)(C)O)CC(O)C[C@@H]1O. The van der Waals surface area contributed by atoms with Gasteiger partial charge in [-0.25, -0.2) is 0 Å². The summed E-state index contributed by atoms with van der Waals surface area (Å²) in [6, 6.07) is 0. The Kier molecular flexibility index (Phi) is 9.94. The summed E-state index contributed by atoms with van der Waals surface area (Å²) < 4.78 is 0. The van der Waals surface area contributed by atoms with Crippen LogP contribution < -0.4 is 0 Å². The summed E-state index contributed by atoms with van der Waals surface area (Å²) in [5, 5.41) is 51.5. The van der Waals surface area contributed by atoms with Crippen molar-refractivity contribution < 1.29 is 25.5 Å². The highest BCUT2D eigenvalue weighted by molar-refractivity contribution is 5.38. The molecule has 212 valence electrons. The first-order valence-corrected chi connectivity index (χ1v) is 14.7. The molecule has 3 aliphatic carbocycles. The summed E-state index contributed by atoms with van der Waals surface area (Å²) >= 11 is 0. The van der Waals surface area contributed by atoms with E-state index in [0.29, 0.717) is 37.0 Å². The third-order valence-electron chi connectivity index (χ3n) is 9.86. The Hall–Kier alpha value is -0.980. The molecule has 37 heavy (non-hydrogen) atoms. The average molecular weight is 519 g/mol. The number of fused-ring (bicyclic) bond motifs is 1. The first-order valence-electron chi connectivity index (χ1n) is 14.7. The van der Waals surface area contributed by atoms with E-state index < -0.39 is 29.5 Å². The number of hydrogen-bond acceptors (Lipinski definition) is 5. The van der Waals surface area contributed by atoms with Crippen LogP contribution in [0.4, 0.5) is 0 Å². The molecule has 5 unspecified atom stereocenters. The first-order chi connectivity index (χ1) is 17.1. The third kappa shape index (κ3) is 7.79. The van der Waals surface area contributed by atoms with E-state index in [9.17, 15) is 25.5 Å². The van der Waals surface area contributed by atoms with Crippen LogP contribution in [-0.4, -0.2) is 55.0 Å². The van der Waals surface area contributed by atoms with Crippen LogP contribution in [0.5, 0.6) is 0 Å². The van der Waals surface area contributed by atoms with E-state index in [1.165, 1.54) is 24.8 Å². The minimum atomic E-state index is -1.10. The molecule has 3 aliphatic rings. The van der Waals surface area contributed by atoms with Gasteiger partial charge in [-0.1, -0.05) is 44.1 Å². The zero-order chi connectivity index (χ0) is 27.6. The molecule has 0 bridgehead atoms. The highest BCUT2D eigenvalue weighted by atomic mass is 16.3. The van der Waals surface area contributed by atoms with Crippen molar-refractivity contribution in [1.29, 1.82) is 0 Å². The van der Waals surface area contributed by atoms with Crippen molar-refractivity contribution in [3.63, 3.8) is 0 Å². The van der Waals surface area contributed by atoms with Gasteiger partial charge in [0.25, 0.3) is 0 Å². The van der Waals surface area contributed by atoms with E-state index >= 15 is 0 Å². The third-order valence-corrected chi connectivity index (χ3v) is 9.86. The molecule has 3 fully saturated rings. The molecule has 5 N–H and O–H groups in total. The van der Waals surface area contributed by atoms with Crippen molar-refractivity contribution in [2.45, 2.75) is 141 Å². The predicted octanol–water partition coefficient (Wildman–Crippen LogP) is 5.60. The number of aliphatic hydroxyl groups is 5. The largest absolute Gasteiger partial charge is 0.393 e. The van der Waals surface area contributed by atoms with E-state index in [2.05, 4.69) is 25.7 Å². The maximum Gasteiger partial charge on any atom is 0.0849 e. The molecular weight excluding hydrogens is 464 g/mol. The van der Waals surface area contributed by atoms with Crippen LogP contribution >= 0.6 is 0 Å². The van der Waals surface area contributed by atoms with Gasteiger partial charge in [0.05, 0.1) is 29.5 Å². The molecule has 0 saturated heterocycles. The Morgan fingerprint density at radius 1 is 1.05 bits per heavy atom. The monoisotopic (exact) mass is 518 g/mol.